The number of carbonyl (C=O) groups is 2. The number of hydrogen-bond acceptors (Lipinski definition) is 5. The van der Waals surface area contributed by atoms with Gasteiger partial charge in [0.05, 0.1) is 17.7 Å². The van der Waals surface area contributed by atoms with Crippen molar-refractivity contribution in [3.8, 4) is 0 Å². The van der Waals surface area contributed by atoms with Gasteiger partial charge in [-0.1, -0.05) is 17.7 Å². The van der Waals surface area contributed by atoms with Crippen LogP contribution >= 0.6 is 11.6 Å². The van der Waals surface area contributed by atoms with E-state index in [-0.39, 0.29) is 22.6 Å². The van der Waals surface area contributed by atoms with Gasteiger partial charge in [-0.05, 0) is 54.6 Å². The summed E-state index contributed by atoms with van der Waals surface area (Å²) in [5.41, 5.74) is 4.97. The van der Waals surface area contributed by atoms with Crippen molar-refractivity contribution in [2.45, 2.75) is 11.4 Å². The lowest BCUT2D eigenvalue weighted by atomic mass is 10.2. The average Bonchev–Trinajstić information content (AvgIpc) is 3.24. The summed E-state index contributed by atoms with van der Waals surface area (Å²) in [6.45, 7) is 0.00705. The fraction of sp³-hybridized carbons (Fsp3) is 0.0526. The van der Waals surface area contributed by atoms with E-state index in [0.717, 1.165) is 0 Å². The molecular formula is C19H16ClN3O5S. The van der Waals surface area contributed by atoms with Crippen molar-refractivity contribution in [2.24, 2.45) is 0 Å². The highest BCUT2D eigenvalue weighted by Gasteiger charge is 2.16. The van der Waals surface area contributed by atoms with E-state index in [9.17, 15) is 18.0 Å². The van der Waals surface area contributed by atoms with Gasteiger partial charge in [0, 0.05) is 16.1 Å². The number of nitrogens with one attached hydrogen (secondary N) is 3. The zero-order valence-electron chi connectivity index (χ0n) is 14.9. The molecule has 0 fully saturated rings. The molecule has 0 bridgehead atoms. The predicted molar refractivity (Wildman–Crippen MR) is 106 cm³/mol. The van der Waals surface area contributed by atoms with Crippen LogP contribution in [0.15, 0.2) is 76.2 Å². The Balaban J connectivity index is 1.58. The van der Waals surface area contributed by atoms with Crippen LogP contribution in [0, 0.1) is 0 Å². The van der Waals surface area contributed by atoms with Crippen molar-refractivity contribution in [1.82, 2.24) is 15.6 Å². The molecule has 0 aliphatic carbocycles. The van der Waals surface area contributed by atoms with Crippen LogP contribution in [-0.4, -0.2) is 20.2 Å². The number of amides is 2. The van der Waals surface area contributed by atoms with Crippen LogP contribution in [0.5, 0.6) is 0 Å². The maximum atomic E-state index is 12.3. The third-order valence-electron chi connectivity index (χ3n) is 3.82. The number of hydrazine groups is 1. The quantitative estimate of drug-likeness (QED) is 0.516. The fourth-order valence-corrected chi connectivity index (χ4v) is 3.52. The summed E-state index contributed by atoms with van der Waals surface area (Å²) in [5.74, 6) is -0.671. The normalized spacial score (nSPS) is 11.1. The lowest BCUT2D eigenvalue weighted by Crippen LogP contribution is -2.41. The van der Waals surface area contributed by atoms with Gasteiger partial charge in [0.15, 0.2) is 0 Å². The Morgan fingerprint density at radius 2 is 1.59 bits per heavy atom. The molecule has 1 heterocycles. The van der Waals surface area contributed by atoms with Crippen LogP contribution in [0.4, 0.5) is 0 Å². The zero-order valence-corrected chi connectivity index (χ0v) is 16.5. The number of rotatable bonds is 6. The van der Waals surface area contributed by atoms with E-state index >= 15 is 0 Å². The maximum absolute atomic E-state index is 12.3. The van der Waals surface area contributed by atoms with Crippen molar-refractivity contribution in [2.75, 3.05) is 0 Å². The highest BCUT2D eigenvalue weighted by molar-refractivity contribution is 7.89. The van der Waals surface area contributed by atoms with Crippen LogP contribution in [0.2, 0.25) is 5.02 Å². The number of sulfonamides is 1. The van der Waals surface area contributed by atoms with Gasteiger partial charge < -0.3 is 4.42 Å². The molecule has 2 amide bonds. The molecule has 0 aliphatic rings. The molecular weight excluding hydrogens is 418 g/mol. The van der Waals surface area contributed by atoms with Crippen LogP contribution in [-0.2, 0) is 16.6 Å². The van der Waals surface area contributed by atoms with Crippen molar-refractivity contribution in [3.05, 3.63) is 88.8 Å². The number of furan rings is 1. The lowest BCUT2D eigenvalue weighted by molar-refractivity contribution is 0.0846. The first-order valence-corrected chi connectivity index (χ1v) is 10.2. The van der Waals surface area contributed by atoms with Gasteiger partial charge >= 0.3 is 0 Å². The monoisotopic (exact) mass is 433 g/mol. The smallest absolute Gasteiger partial charge is 0.269 e. The number of hydrogen-bond donors (Lipinski definition) is 3. The highest BCUT2D eigenvalue weighted by atomic mass is 35.5. The van der Waals surface area contributed by atoms with Gasteiger partial charge in [-0.2, -0.15) is 0 Å². The van der Waals surface area contributed by atoms with Gasteiger partial charge in [0.25, 0.3) is 11.8 Å². The molecule has 3 N–H and O–H groups in total. The minimum absolute atomic E-state index is 0.00705. The van der Waals surface area contributed by atoms with E-state index in [4.69, 9.17) is 16.0 Å². The SMILES string of the molecule is O=C(NNC(=O)c1cccc(Cl)c1)c1ccc(S(=O)(=O)NCc2ccco2)cc1. The van der Waals surface area contributed by atoms with E-state index in [2.05, 4.69) is 15.6 Å². The Morgan fingerprint density at radius 1 is 0.897 bits per heavy atom. The van der Waals surface area contributed by atoms with Crippen molar-refractivity contribution in [1.29, 1.82) is 0 Å². The molecule has 0 saturated heterocycles. The average molecular weight is 434 g/mol. The molecule has 0 unspecified atom stereocenters. The molecule has 0 atom stereocenters. The van der Waals surface area contributed by atoms with Gasteiger partial charge in [-0.3, -0.25) is 20.4 Å². The highest BCUT2D eigenvalue weighted by Crippen LogP contribution is 2.12. The van der Waals surface area contributed by atoms with E-state index in [0.29, 0.717) is 10.8 Å². The predicted octanol–water partition coefficient (Wildman–Crippen LogP) is 2.49. The molecule has 1 aromatic heterocycles. The summed E-state index contributed by atoms with van der Waals surface area (Å²) in [4.78, 5) is 24.2. The second kappa shape index (κ2) is 8.91. The topological polar surface area (TPSA) is 118 Å². The van der Waals surface area contributed by atoms with Crippen molar-refractivity contribution < 1.29 is 22.4 Å². The largest absolute Gasteiger partial charge is 0.468 e. The molecule has 29 heavy (non-hydrogen) atoms. The molecule has 0 aliphatic heterocycles. The molecule has 0 spiro atoms. The Morgan fingerprint density at radius 3 is 2.21 bits per heavy atom. The molecule has 2 aromatic carbocycles. The van der Waals surface area contributed by atoms with Crippen LogP contribution in [0.25, 0.3) is 0 Å². The third-order valence-corrected chi connectivity index (χ3v) is 5.47. The summed E-state index contributed by atoms with van der Waals surface area (Å²) in [6, 6.07) is 14.8. The molecule has 8 nitrogen and oxygen atoms in total. The summed E-state index contributed by atoms with van der Waals surface area (Å²) in [7, 11) is -3.77. The Bertz CT molecular complexity index is 1110. The lowest BCUT2D eigenvalue weighted by Gasteiger charge is -2.09. The standard InChI is InChI=1S/C19H16ClN3O5S/c20-15-4-1-3-14(11-15)19(25)23-22-18(24)13-6-8-17(9-7-13)29(26,27)21-12-16-5-2-10-28-16/h1-11,21H,12H2,(H,22,24)(H,23,25). The zero-order chi connectivity index (χ0) is 20.9. The van der Waals surface area contributed by atoms with Crippen LogP contribution in [0.3, 0.4) is 0 Å². The van der Waals surface area contributed by atoms with E-state index in [1.807, 2.05) is 0 Å². The molecule has 0 saturated carbocycles. The number of benzene rings is 2. The molecule has 0 radical (unpaired) electrons. The van der Waals surface area contributed by atoms with Crippen molar-refractivity contribution in [3.63, 3.8) is 0 Å². The Labute approximate surface area is 171 Å². The van der Waals surface area contributed by atoms with Crippen molar-refractivity contribution >= 4 is 33.4 Å². The molecule has 10 heteroatoms. The summed E-state index contributed by atoms with van der Waals surface area (Å²) in [6.07, 6.45) is 1.45. The summed E-state index contributed by atoms with van der Waals surface area (Å²) >= 11 is 5.82. The second-order valence-corrected chi connectivity index (χ2v) is 8.05. The van der Waals surface area contributed by atoms with Crippen LogP contribution < -0.4 is 15.6 Å². The first-order valence-electron chi connectivity index (χ1n) is 8.33. The second-order valence-electron chi connectivity index (χ2n) is 5.85. The first kappa shape index (κ1) is 20.6. The van der Waals surface area contributed by atoms with Gasteiger partial charge in [-0.25, -0.2) is 13.1 Å². The van der Waals surface area contributed by atoms with E-state index < -0.39 is 21.8 Å². The van der Waals surface area contributed by atoms with Gasteiger partial charge in [-0.15, -0.1) is 0 Å². The molecule has 3 rings (SSSR count). The number of halogens is 1. The minimum atomic E-state index is -3.77. The van der Waals surface area contributed by atoms with Crippen LogP contribution in [0.1, 0.15) is 26.5 Å². The van der Waals surface area contributed by atoms with Gasteiger partial charge in [0.2, 0.25) is 10.0 Å². The number of carbonyl (C=O) groups excluding carboxylic acids is 2. The maximum Gasteiger partial charge on any atom is 0.269 e. The summed E-state index contributed by atoms with van der Waals surface area (Å²) < 4.78 is 32.1. The van der Waals surface area contributed by atoms with Gasteiger partial charge in [0.1, 0.15) is 5.76 Å². The van der Waals surface area contributed by atoms with E-state index in [1.165, 1.54) is 36.6 Å². The van der Waals surface area contributed by atoms with E-state index in [1.54, 1.807) is 30.3 Å². The molecule has 150 valence electrons. The minimum Gasteiger partial charge on any atom is -0.468 e. The molecule has 3 aromatic rings. The summed E-state index contributed by atoms with van der Waals surface area (Å²) in [5, 5.41) is 0.390. The Hall–Kier alpha value is -3.14. The Kier molecular flexibility index (Phi) is 6.32. The fourth-order valence-electron chi connectivity index (χ4n) is 2.34. The third kappa shape index (κ3) is 5.44. The first-order chi connectivity index (χ1) is 13.8.